The number of nitrogens with zero attached hydrogens (tertiary/aromatic N) is 2. The van der Waals surface area contributed by atoms with Crippen LogP contribution in [0.5, 0.6) is 5.75 Å². The zero-order valence-electron chi connectivity index (χ0n) is 16.2. The monoisotopic (exact) mass is 380 g/mol. The lowest BCUT2D eigenvalue weighted by molar-refractivity contribution is 0.414. The van der Waals surface area contributed by atoms with Crippen LogP contribution in [0.3, 0.4) is 0 Å². The van der Waals surface area contributed by atoms with Crippen LogP contribution in [0.2, 0.25) is 0 Å². The molecule has 0 radical (unpaired) electrons. The molecule has 0 saturated carbocycles. The van der Waals surface area contributed by atoms with E-state index in [1.165, 1.54) is 5.56 Å². The van der Waals surface area contributed by atoms with Gasteiger partial charge < -0.3 is 4.74 Å². The van der Waals surface area contributed by atoms with Gasteiger partial charge in [-0.2, -0.15) is 0 Å². The average Bonchev–Trinajstić information content (AvgIpc) is 2.68. The van der Waals surface area contributed by atoms with Crippen LogP contribution in [-0.2, 0) is 19.2 Å². The Bertz CT molecular complexity index is 994. The van der Waals surface area contributed by atoms with E-state index in [0.717, 1.165) is 39.0 Å². The Kier molecular flexibility index (Phi) is 6.01. The number of benzene rings is 2. The highest BCUT2D eigenvalue weighted by atomic mass is 32.2. The minimum absolute atomic E-state index is 0.0243. The SMILES string of the molecule is COc1cccc(CSc2nc(C)c(Cc3ccc(C)cc3)c(=O)n2C)c1. The van der Waals surface area contributed by atoms with Crippen molar-refractivity contribution in [3.05, 3.63) is 86.8 Å². The largest absolute Gasteiger partial charge is 0.497 e. The van der Waals surface area contributed by atoms with Crippen molar-refractivity contribution in [3.63, 3.8) is 0 Å². The summed E-state index contributed by atoms with van der Waals surface area (Å²) in [7, 11) is 3.45. The van der Waals surface area contributed by atoms with Crippen molar-refractivity contribution in [1.82, 2.24) is 9.55 Å². The predicted molar refractivity (Wildman–Crippen MR) is 111 cm³/mol. The first-order valence-corrected chi connectivity index (χ1v) is 9.84. The molecule has 4 nitrogen and oxygen atoms in total. The van der Waals surface area contributed by atoms with Crippen molar-refractivity contribution in [2.75, 3.05) is 7.11 Å². The molecule has 1 aromatic heterocycles. The molecule has 0 N–H and O–H groups in total. The van der Waals surface area contributed by atoms with Crippen molar-refractivity contribution in [3.8, 4) is 5.75 Å². The number of methoxy groups -OCH3 is 1. The second-order valence-electron chi connectivity index (χ2n) is 6.63. The first kappa shape index (κ1) is 19.2. The number of aromatic nitrogens is 2. The van der Waals surface area contributed by atoms with E-state index < -0.39 is 0 Å². The lowest BCUT2D eigenvalue weighted by atomic mass is 10.0. The molecule has 0 aliphatic carbocycles. The normalized spacial score (nSPS) is 10.8. The average molecular weight is 381 g/mol. The van der Waals surface area contributed by atoms with Gasteiger partial charge in [-0.3, -0.25) is 9.36 Å². The number of ether oxygens (including phenoxy) is 1. The maximum atomic E-state index is 12.9. The molecular formula is C22H24N2O2S. The van der Waals surface area contributed by atoms with Crippen LogP contribution in [0, 0.1) is 13.8 Å². The number of hydrogen-bond acceptors (Lipinski definition) is 4. The fraction of sp³-hybridized carbons (Fsp3) is 0.273. The maximum Gasteiger partial charge on any atom is 0.257 e. The van der Waals surface area contributed by atoms with E-state index in [-0.39, 0.29) is 5.56 Å². The van der Waals surface area contributed by atoms with E-state index >= 15 is 0 Å². The molecule has 0 fully saturated rings. The molecule has 0 unspecified atom stereocenters. The molecule has 0 aliphatic heterocycles. The van der Waals surface area contributed by atoms with Gasteiger partial charge in [0.15, 0.2) is 5.16 Å². The van der Waals surface area contributed by atoms with Gasteiger partial charge in [-0.15, -0.1) is 0 Å². The molecule has 5 heteroatoms. The zero-order valence-corrected chi connectivity index (χ0v) is 17.0. The lowest BCUT2D eigenvalue weighted by Crippen LogP contribution is -2.25. The molecule has 0 spiro atoms. The summed E-state index contributed by atoms with van der Waals surface area (Å²) in [6, 6.07) is 16.2. The Hall–Kier alpha value is -2.53. The Balaban J connectivity index is 1.81. The molecule has 1 heterocycles. The lowest BCUT2D eigenvalue weighted by Gasteiger charge is -2.12. The smallest absolute Gasteiger partial charge is 0.257 e. The Morgan fingerprint density at radius 3 is 2.52 bits per heavy atom. The summed E-state index contributed by atoms with van der Waals surface area (Å²) < 4.78 is 6.92. The first-order valence-electron chi connectivity index (χ1n) is 8.85. The molecule has 0 bridgehead atoms. The highest BCUT2D eigenvalue weighted by Gasteiger charge is 2.13. The standard InChI is InChI=1S/C22H24N2O2S/c1-15-8-10-17(11-9-15)13-20-16(2)23-22(24(3)21(20)25)27-14-18-6-5-7-19(12-18)26-4/h5-12H,13-14H2,1-4H3. The maximum absolute atomic E-state index is 12.9. The fourth-order valence-electron chi connectivity index (χ4n) is 2.88. The van der Waals surface area contributed by atoms with Gasteiger partial charge in [-0.1, -0.05) is 53.7 Å². The van der Waals surface area contributed by atoms with Gasteiger partial charge in [0.2, 0.25) is 0 Å². The topological polar surface area (TPSA) is 44.1 Å². The van der Waals surface area contributed by atoms with Crippen molar-refractivity contribution in [2.45, 2.75) is 31.2 Å². The zero-order chi connectivity index (χ0) is 19.4. The van der Waals surface area contributed by atoms with Gasteiger partial charge in [0.1, 0.15) is 5.75 Å². The molecule has 2 aromatic carbocycles. The van der Waals surface area contributed by atoms with E-state index in [0.29, 0.717) is 6.42 Å². The third-order valence-corrected chi connectivity index (χ3v) is 5.65. The summed E-state index contributed by atoms with van der Waals surface area (Å²) in [6.07, 6.45) is 0.604. The Morgan fingerprint density at radius 2 is 1.81 bits per heavy atom. The van der Waals surface area contributed by atoms with Gasteiger partial charge in [0.05, 0.1) is 7.11 Å². The van der Waals surface area contributed by atoms with E-state index in [4.69, 9.17) is 9.72 Å². The van der Waals surface area contributed by atoms with E-state index in [1.54, 1.807) is 30.5 Å². The van der Waals surface area contributed by atoms with E-state index in [2.05, 4.69) is 31.2 Å². The van der Waals surface area contributed by atoms with Crippen LogP contribution < -0.4 is 10.3 Å². The molecule has 3 rings (SSSR count). The summed E-state index contributed by atoms with van der Waals surface area (Å²) in [5.41, 5.74) is 5.05. The highest BCUT2D eigenvalue weighted by molar-refractivity contribution is 7.98. The summed E-state index contributed by atoms with van der Waals surface area (Å²) >= 11 is 1.56. The molecule has 0 atom stereocenters. The van der Waals surface area contributed by atoms with Gasteiger partial charge in [-0.25, -0.2) is 4.98 Å². The number of thioether (sulfide) groups is 1. The fourth-order valence-corrected chi connectivity index (χ4v) is 3.84. The summed E-state index contributed by atoms with van der Waals surface area (Å²) in [5, 5.41) is 0.730. The summed E-state index contributed by atoms with van der Waals surface area (Å²) in [5.74, 6) is 1.56. The Morgan fingerprint density at radius 1 is 1.07 bits per heavy atom. The van der Waals surface area contributed by atoms with Crippen LogP contribution in [-0.4, -0.2) is 16.7 Å². The third-order valence-electron chi connectivity index (χ3n) is 4.55. The van der Waals surface area contributed by atoms with Gasteiger partial charge >= 0.3 is 0 Å². The Labute approximate surface area is 164 Å². The van der Waals surface area contributed by atoms with Crippen LogP contribution in [0.4, 0.5) is 0 Å². The van der Waals surface area contributed by atoms with Gasteiger partial charge in [0, 0.05) is 30.5 Å². The minimum atomic E-state index is 0.0243. The molecule has 3 aromatic rings. The van der Waals surface area contributed by atoms with Crippen LogP contribution in [0.1, 0.15) is 27.9 Å². The van der Waals surface area contributed by atoms with Crippen LogP contribution in [0.25, 0.3) is 0 Å². The quantitative estimate of drug-likeness (QED) is 0.473. The number of hydrogen-bond donors (Lipinski definition) is 0. The second kappa shape index (κ2) is 8.44. The number of rotatable bonds is 6. The van der Waals surface area contributed by atoms with E-state index in [9.17, 15) is 4.79 Å². The van der Waals surface area contributed by atoms with Gasteiger partial charge in [0.25, 0.3) is 5.56 Å². The van der Waals surface area contributed by atoms with Crippen LogP contribution in [0.15, 0.2) is 58.5 Å². The number of aryl methyl sites for hydroxylation is 2. The summed E-state index contributed by atoms with van der Waals surface area (Å²) in [4.78, 5) is 17.6. The van der Waals surface area contributed by atoms with Gasteiger partial charge in [-0.05, 0) is 37.1 Å². The third kappa shape index (κ3) is 4.61. The molecule has 27 heavy (non-hydrogen) atoms. The van der Waals surface area contributed by atoms with Crippen molar-refractivity contribution < 1.29 is 4.74 Å². The molecule has 0 amide bonds. The molecule has 0 aliphatic rings. The molecular weight excluding hydrogens is 356 g/mol. The molecule has 0 saturated heterocycles. The second-order valence-corrected chi connectivity index (χ2v) is 7.57. The van der Waals surface area contributed by atoms with E-state index in [1.807, 2.05) is 31.2 Å². The minimum Gasteiger partial charge on any atom is -0.497 e. The summed E-state index contributed by atoms with van der Waals surface area (Å²) in [6.45, 7) is 3.98. The van der Waals surface area contributed by atoms with Crippen molar-refractivity contribution in [1.29, 1.82) is 0 Å². The predicted octanol–water partition coefficient (Wildman–Crippen LogP) is 4.29. The van der Waals surface area contributed by atoms with Crippen molar-refractivity contribution >= 4 is 11.8 Å². The highest BCUT2D eigenvalue weighted by Crippen LogP contribution is 2.23. The van der Waals surface area contributed by atoms with Crippen molar-refractivity contribution in [2.24, 2.45) is 7.05 Å². The first-order chi connectivity index (χ1) is 13.0. The molecule has 140 valence electrons. The van der Waals surface area contributed by atoms with Crippen LogP contribution >= 0.6 is 11.8 Å².